The summed E-state index contributed by atoms with van der Waals surface area (Å²) in [6.45, 7) is 3.18. The van der Waals surface area contributed by atoms with Crippen molar-refractivity contribution in [1.82, 2.24) is 10.2 Å². The molecule has 0 bridgehead atoms. The second-order valence-corrected chi connectivity index (χ2v) is 5.03. The van der Waals surface area contributed by atoms with Crippen LogP contribution >= 0.6 is 24.8 Å². The molecule has 1 aliphatic rings. The number of nitrogens with one attached hydrogen (secondary N) is 2. The zero-order valence-corrected chi connectivity index (χ0v) is 14.2. The van der Waals surface area contributed by atoms with Gasteiger partial charge in [-0.15, -0.1) is 24.8 Å². The molecule has 1 aromatic carbocycles. The molecule has 1 amide bonds. The Morgan fingerprint density at radius 3 is 2.13 bits per heavy atom. The van der Waals surface area contributed by atoms with E-state index < -0.39 is 12.2 Å². The Morgan fingerprint density at radius 2 is 1.70 bits per heavy atom. The molecule has 0 radical (unpaired) electrons. The van der Waals surface area contributed by atoms with Gasteiger partial charge in [0.25, 0.3) is 0 Å². The first-order chi connectivity index (χ1) is 9.88. The van der Waals surface area contributed by atoms with Crippen LogP contribution in [0.4, 0.5) is 18.9 Å². The lowest BCUT2D eigenvalue weighted by Crippen LogP contribution is -2.49. The van der Waals surface area contributed by atoms with E-state index in [1.54, 1.807) is 0 Å². The summed E-state index contributed by atoms with van der Waals surface area (Å²) in [6.07, 6.45) is -4.33. The Bertz CT molecular complexity index is 491. The van der Waals surface area contributed by atoms with Crippen molar-refractivity contribution in [2.75, 3.05) is 31.5 Å². The highest BCUT2D eigenvalue weighted by molar-refractivity contribution is 5.88. The van der Waals surface area contributed by atoms with Gasteiger partial charge in [-0.05, 0) is 17.7 Å². The van der Waals surface area contributed by atoms with Crippen LogP contribution < -0.4 is 10.6 Å². The third-order valence-corrected chi connectivity index (χ3v) is 3.37. The SMILES string of the molecule is CC(=O)Nc1ccc([C@@H](N2CCNCC2)C(F)(F)F)cc1.Cl.Cl. The van der Waals surface area contributed by atoms with Crippen LogP contribution in [0.5, 0.6) is 0 Å². The maximum Gasteiger partial charge on any atom is 0.408 e. The van der Waals surface area contributed by atoms with E-state index in [0.717, 1.165) is 0 Å². The van der Waals surface area contributed by atoms with Gasteiger partial charge in [0, 0.05) is 38.8 Å². The van der Waals surface area contributed by atoms with Crippen molar-refractivity contribution in [3.63, 3.8) is 0 Å². The van der Waals surface area contributed by atoms with E-state index in [0.29, 0.717) is 31.9 Å². The van der Waals surface area contributed by atoms with Gasteiger partial charge in [0.15, 0.2) is 0 Å². The molecule has 1 heterocycles. The van der Waals surface area contributed by atoms with Crippen LogP contribution in [0, 0.1) is 0 Å². The average Bonchev–Trinajstić information content (AvgIpc) is 2.40. The lowest BCUT2D eigenvalue weighted by Gasteiger charge is -2.36. The minimum absolute atomic E-state index is 0. The highest BCUT2D eigenvalue weighted by atomic mass is 35.5. The number of rotatable bonds is 3. The maximum atomic E-state index is 13.4. The van der Waals surface area contributed by atoms with Gasteiger partial charge >= 0.3 is 6.18 Å². The van der Waals surface area contributed by atoms with Crippen molar-refractivity contribution in [2.45, 2.75) is 19.1 Å². The predicted molar refractivity (Wildman–Crippen MR) is 88.5 cm³/mol. The third-order valence-electron chi connectivity index (χ3n) is 3.37. The standard InChI is InChI=1S/C14H18F3N3O.2ClH/c1-10(21)19-12-4-2-11(3-5-12)13(14(15,16)17)20-8-6-18-7-9-20;;/h2-5,13,18H,6-9H2,1H3,(H,19,21);2*1H/t13-;;/m1../s1. The van der Waals surface area contributed by atoms with Crippen molar-refractivity contribution in [1.29, 1.82) is 0 Å². The Labute approximate surface area is 145 Å². The quantitative estimate of drug-likeness (QED) is 0.855. The van der Waals surface area contributed by atoms with Gasteiger partial charge in [-0.1, -0.05) is 12.1 Å². The Kier molecular flexibility index (Phi) is 8.90. The van der Waals surface area contributed by atoms with E-state index in [1.807, 2.05) is 0 Å². The summed E-state index contributed by atoms with van der Waals surface area (Å²) in [7, 11) is 0. The number of nitrogens with zero attached hydrogens (tertiary/aromatic N) is 1. The molecule has 0 unspecified atom stereocenters. The zero-order valence-electron chi connectivity index (χ0n) is 12.5. The van der Waals surface area contributed by atoms with E-state index in [4.69, 9.17) is 0 Å². The monoisotopic (exact) mass is 373 g/mol. The molecule has 1 fully saturated rings. The molecule has 2 N–H and O–H groups in total. The average molecular weight is 374 g/mol. The summed E-state index contributed by atoms with van der Waals surface area (Å²) in [5.74, 6) is -0.253. The second-order valence-electron chi connectivity index (χ2n) is 5.03. The molecule has 0 saturated carbocycles. The first kappa shape index (κ1) is 22.0. The summed E-state index contributed by atoms with van der Waals surface area (Å²) < 4.78 is 40.1. The molecule has 1 aliphatic heterocycles. The number of carbonyl (C=O) groups is 1. The van der Waals surface area contributed by atoms with Crippen LogP contribution in [-0.2, 0) is 4.79 Å². The van der Waals surface area contributed by atoms with Crippen LogP contribution in [0.25, 0.3) is 0 Å². The summed E-state index contributed by atoms with van der Waals surface area (Å²) in [6, 6.07) is 4.23. The molecule has 0 aliphatic carbocycles. The molecule has 1 saturated heterocycles. The second kappa shape index (κ2) is 9.32. The largest absolute Gasteiger partial charge is 0.408 e. The molecule has 0 spiro atoms. The first-order valence-corrected chi connectivity index (χ1v) is 6.77. The van der Waals surface area contributed by atoms with Gasteiger partial charge < -0.3 is 10.6 Å². The molecule has 2 rings (SSSR count). The summed E-state index contributed by atoms with van der Waals surface area (Å²) >= 11 is 0. The van der Waals surface area contributed by atoms with E-state index in [1.165, 1.54) is 36.1 Å². The fraction of sp³-hybridized carbons (Fsp3) is 0.500. The fourth-order valence-corrected chi connectivity index (χ4v) is 2.50. The number of halogens is 5. The van der Waals surface area contributed by atoms with Gasteiger partial charge in [-0.2, -0.15) is 13.2 Å². The minimum atomic E-state index is -4.33. The Hall–Kier alpha value is -1.02. The number of alkyl halides is 3. The van der Waals surface area contributed by atoms with Crippen LogP contribution in [-0.4, -0.2) is 43.2 Å². The lowest BCUT2D eigenvalue weighted by atomic mass is 10.0. The van der Waals surface area contributed by atoms with Gasteiger partial charge in [0.2, 0.25) is 5.91 Å². The number of amides is 1. The predicted octanol–water partition coefficient (Wildman–Crippen LogP) is 3.00. The van der Waals surface area contributed by atoms with Crippen molar-refractivity contribution in [3.05, 3.63) is 29.8 Å². The summed E-state index contributed by atoms with van der Waals surface area (Å²) in [5, 5.41) is 5.59. The van der Waals surface area contributed by atoms with Crippen molar-refractivity contribution in [3.8, 4) is 0 Å². The zero-order chi connectivity index (χ0) is 15.5. The molecule has 4 nitrogen and oxygen atoms in total. The van der Waals surface area contributed by atoms with Crippen LogP contribution in [0.3, 0.4) is 0 Å². The maximum absolute atomic E-state index is 13.4. The fourth-order valence-electron chi connectivity index (χ4n) is 2.50. The number of piperazine rings is 1. The minimum Gasteiger partial charge on any atom is -0.326 e. The van der Waals surface area contributed by atoms with Gasteiger partial charge in [-0.25, -0.2) is 0 Å². The van der Waals surface area contributed by atoms with Crippen molar-refractivity contribution in [2.24, 2.45) is 0 Å². The van der Waals surface area contributed by atoms with E-state index in [9.17, 15) is 18.0 Å². The first-order valence-electron chi connectivity index (χ1n) is 6.77. The normalized spacial score (nSPS) is 16.7. The third kappa shape index (κ3) is 6.18. The number of benzene rings is 1. The molecule has 1 atom stereocenters. The number of hydrogen-bond donors (Lipinski definition) is 2. The molecule has 132 valence electrons. The smallest absolute Gasteiger partial charge is 0.326 e. The van der Waals surface area contributed by atoms with Crippen LogP contribution in [0.1, 0.15) is 18.5 Å². The molecular weight excluding hydrogens is 354 g/mol. The lowest BCUT2D eigenvalue weighted by molar-refractivity contribution is -0.187. The van der Waals surface area contributed by atoms with E-state index >= 15 is 0 Å². The topological polar surface area (TPSA) is 44.4 Å². The Morgan fingerprint density at radius 1 is 1.17 bits per heavy atom. The van der Waals surface area contributed by atoms with Gasteiger partial charge in [-0.3, -0.25) is 9.69 Å². The number of carbonyl (C=O) groups excluding carboxylic acids is 1. The number of hydrogen-bond acceptors (Lipinski definition) is 3. The molecule has 1 aromatic rings. The van der Waals surface area contributed by atoms with Gasteiger partial charge in [0.05, 0.1) is 0 Å². The van der Waals surface area contributed by atoms with Crippen LogP contribution in [0.15, 0.2) is 24.3 Å². The van der Waals surface area contributed by atoms with Crippen molar-refractivity contribution >= 4 is 36.4 Å². The van der Waals surface area contributed by atoms with E-state index in [2.05, 4.69) is 10.6 Å². The Balaban J connectivity index is 0.00000242. The van der Waals surface area contributed by atoms with Gasteiger partial charge in [0.1, 0.15) is 6.04 Å². The van der Waals surface area contributed by atoms with Crippen LogP contribution in [0.2, 0.25) is 0 Å². The highest BCUT2D eigenvalue weighted by Crippen LogP contribution is 2.38. The molecule has 23 heavy (non-hydrogen) atoms. The van der Waals surface area contributed by atoms with E-state index in [-0.39, 0.29) is 36.3 Å². The van der Waals surface area contributed by atoms with Crippen molar-refractivity contribution < 1.29 is 18.0 Å². The molecular formula is C14H20Cl2F3N3O. The molecule has 9 heteroatoms. The highest BCUT2D eigenvalue weighted by Gasteiger charge is 2.44. The number of anilines is 1. The summed E-state index contributed by atoms with van der Waals surface area (Å²) in [5.41, 5.74) is 0.686. The molecule has 0 aromatic heterocycles. The summed E-state index contributed by atoms with van der Waals surface area (Å²) in [4.78, 5) is 12.4.